The van der Waals surface area contributed by atoms with Crippen LogP contribution in [0.5, 0.6) is 0 Å². The van der Waals surface area contributed by atoms with Crippen molar-refractivity contribution in [2.75, 3.05) is 0 Å². The molecule has 0 spiro atoms. The van der Waals surface area contributed by atoms with Crippen molar-refractivity contribution in [3.8, 4) is 11.5 Å². The van der Waals surface area contributed by atoms with Crippen LogP contribution in [-0.4, -0.2) is 15.0 Å². The van der Waals surface area contributed by atoms with Gasteiger partial charge >= 0.3 is 6.33 Å². The third kappa shape index (κ3) is 1.44. The Labute approximate surface area is 74.3 Å². The lowest BCUT2D eigenvalue weighted by Gasteiger charge is -2.03. The minimum atomic E-state index is 0.343. The zero-order chi connectivity index (χ0) is 9.10. The van der Waals surface area contributed by atoms with Gasteiger partial charge < -0.3 is 5.21 Å². The third-order valence-corrected chi connectivity index (χ3v) is 1.47. The molecule has 0 saturated heterocycles. The highest BCUT2D eigenvalue weighted by molar-refractivity contribution is 5.42. The molecular weight excluding hydrogens is 168 g/mol. The van der Waals surface area contributed by atoms with Crippen molar-refractivity contribution in [1.29, 1.82) is 0 Å². The maximum absolute atomic E-state index is 11.1. The maximum Gasteiger partial charge on any atom is 0.422 e. The van der Waals surface area contributed by atoms with E-state index in [-0.39, 0.29) is 0 Å². The van der Waals surface area contributed by atoms with E-state index in [0.29, 0.717) is 16.2 Å². The molecule has 1 radical (unpaired) electrons. The highest BCUT2D eigenvalue weighted by Crippen LogP contribution is 2.04. The van der Waals surface area contributed by atoms with Gasteiger partial charge in [0.05, 0.1) is 0 Å². The van der Waals surface area contributed by atoms with Gasteiger partial charge in [-0.3, -0.25) is 0 Å². The second-order valence-electron chi connectivity index (χ2n) is 2.30. The first-order chi connectivity index (χ1) is 6.38. The van der Waals surface area contributed by atoms with Crippen molar-refractivity contribution >= 4 is 0 Å². The molecule has 2 rings (SSSR count). The highest BCUT2D eigenvalue weighted by atomic mass is 16.5. The molecule has 0 amide bonds. The fourth-order valence-corrected chi connectivity index (χ4v) is 0.912. The van der Waals surface area contributed by atoms with Gasteiger partial charge in [-0.25, -0.2) is 14.7 Å². The molecule has 2 aromatic rings. The van der Waals surface area contributed by atoms with Crippen molar-refractivity contribution < 1.29 is 4.73 Å². The average molecular weight is 173 g/mol. The van der Waals surface area contributed by atoms with Crippen LogP contribution in [0.2, 0.25) is 0 Å². The molecule has 0 bridgehead atoms. The fraction of sp³-hybridized carbons (Fsp3) is 0. The van der Waals surface area contributed by atoms with Crippen LogP contribution >= 0.6 is 0 Å². The predicted octanol–water partition coefficient (Wildman–Crippen LogP) is -0.0278. The first-order valence-corrected chi connectivity index (χ1v) is 3.61. The summed E-state index contributed by atoms with van der Waals surface area (Å²) in [4.78, 5) is 11.4. The minimum absolute atomic E-state index is 0.343. The summed E-state index contributed by atoms with van der Waals surface area (Å²) in [6, 6.07) is 3.22. The van der Waals surface area contributed by atoms with E-state index in [0.717, 1.165) is 0 Å². The van der Waals surface area contributed by atoms with E-state index in [4.69, 9.17) is 0 Å². The van der Waals surface area contributed by atoms with Gasteiger partial charge in [0.15, 0.2) is 5.69 Å². The van der Waals surface area contributed by atoms with Crippen LogP contribution in [0, 0.1) is 11.5 Å². The van der Waals surface area contributed by atoms with Crippen molar-refractivity contribution in [3.05, 3.63) is 42.3 Å². The molecule has 63 valence electrons. The van der Waals surface area contributed by atoms with Crippen LogP contribution in [0.15, 0.2) is 30.7 Å². The van der Waals surface area contributed by atoms with E-state index in [1.54, 1.807) is 24.5 Å². The van der Waals surface area contributed by atoms with Gasteiger partial charge in [-0.05, 0) is 11.1 Å². The third-order valence-electron chi connectivity index (χ3n) is 1.47. The van der Waals surface area contributed by atoms with Gasteiger partial charge in [0.1, 0.15) is 6.20 Å². The van der Waals surface area contributed by atoms with Crippen LogP contribution in [0.3, 0.4) is 0 Å². The fourth-order valence-electron chi connectivity index (χ4n) is 0.912. The average Bonchev–Trinajstić information content (AvgIpc) is 2.20. The molecule has 0 atom stereocenters. The summed E-state index contributed by atoms with van der Waals surface area (Å²) in [7, 11) is 0. The number of nitrogens with zero attached hydrogens (tertiary/aromatic N) is 4. The number of rotatable bonds is 1. The lowest BCUT2D eigenvalue weighted by atomic mass is 10.4. The van der Waals surface area contributed by atoms with E-state index in [9.17, 15) is 5.21 Å². The molecule has 5 nitrogen and oxygen atoms in total. The molecule has 5 heteroatoms. The Kier molecular flexibility index (Phi) is 1.84. The molecule has 2 aromatic heterocycles. The van der Waals surface area contributed by atoms with Gasteiger partial charge in [-0.1, -0.05) is 0 Å². The summed E-state index contributed by atoms with van der Waals surface area (Å²) in [6.07, 6.45) is 6.85. The van der Waals surface area contributed by atoms with E-state index >= 15 is 0 Å². The first-order valence-electron chi connectivity index (χ1n) is 3.61. The summed E-state index contributed by atoms with van der Waals surface area (Å²) >= 11 is 0. The molecule has 0 aliphatic heterocycles. The van der Waals surface area contributed by atoms with E-state index < -0.39 is 0 Å². The molecule has 13 heavy (non-hydrogen) atoms. The lowest BCUT2D eigenvalue weighted by molar-refractivity contribution is -0.602. The van der Waals surface area contributed by atoms with E-state index in [1.165, 1.54) is 6.20 Å². The standard InChI is InChI=1S/C8H5N4O/c13-12-6-9-5-2-7(12)8-10-3-1-4-11-8/h1-5H. The first kappa shape index (κ1) is 7.60. The van der Waals surface area contributed by atoms with Crippen LogP contribution < -0.4 is 4.73 Å². The largest absolute Gasteiger partial charge is 0.710 e. The topological polar surface area (TPSA) is 65.6 Å². The van der Waals surface area contributed by atoms with Crippen molar-refractivity contribution in [1.82, 2.24) is 15.0 Å². The van der Waals surface area contributed by atoms with Crippen LogP contribution in [0.4, 0.5) is 0 Å². The summed E-state index contributed by atoms with van der Waals surface area (Å²) in [6.45, 7) is 0. The van der Waals surface area contributed by atoms with Gasteiger partial charge in [0.2, 0.25) is 5.82 Å². The molecule has 0 aromatic carbocycles. The van der Waals surface area contributed by atoms with Crippen LogP contribution in [0.25, 0.3) is 11.5 Å². The second kappa shape index (κ2) is 3.14. The summed E-state index contributed by atoms with van der Waals surface area (Å²) in [5.41, 5.74) is 0.343. The predicted molar refractivity (Wildman–Crippen MR) is 43.1 cm³/mol. The highest BCUT2D eigenvalue weighted by Gasteiger charge is 2.06. The van der Waals surface area contributed by atoms with Crippen molar-refractivity contribution in [2.45, 2.75) is 0 Å². The van der Waals surface area contributed by atoms with E-state index in [1.807, 2.05) is 0 Å². The number of aromatic nitrogens is 4. The Morgan fingerprint density at radius 1 is 1.23 bits per heavy atom. The molecule has 0 N–H and O–H groups in total. The SMILES string of the molecule is [O-][n+]1[c]nccc1-c1ncccn1. The Morgan fingerprint density at radius 3 is 2.69 bits per heavy atom. The Balaban J connectivity index is 2.54. The summed E-state index contributed by atoms with van der Waals surface area (Å²) in [5, 5.41) is 11.1. The van der Waals surface area contributed by atoms with Crippen LogP contribution in [0.1, 0.15) is 0 Å². The Hall–Kier alpha value is -2.04. The lowest BCUT2D eigenvalue weighted by Crippen LogP contribution is -2.30. The number of hydrogen-bond acceptors (Lipinski definition) is 4. The van der Waals surface area contributed by atoms with Gasteiger partial charge in [-0.2, -0.15) is 0 Å². The molecular formula is C8H5N4O. The molecule has 0 unspecified atom stereocenters. The Morgan fingerprint density at radius 2 is 2.00 bits per heavy atom. The van der Waals surface area contributed by atoms with Crippen molar-refractivity contribution in [2.24, 2.45) is 0 Å². The molecule has 2 heterocycles. The Bertz CT molecular complexity index is 404. The molecule has 0 fully saturated rings. The second-order valence-corrected chi connectivity index (χ2v) is 2.30. The smallest absolute Gasteiger partial charge is 0.422 e. The van der Waals surface area contributed by atoms with Crippen LogP contribution in [-0.2, 0) is 0 Å². The van der Waals surface area contributed by atoms with Crippen molar-refractivity contribution in [3.63, 3.8) is 0 Å². The molecule has 0 aliphatic carbocycles. The maximum atomic E-state index is 11.1. The van der Waals surface area contributed by atoms with Gasteiger partial charge in [-0.15, -0.1) is 0 Å². The zero-order valence-corrected chi connectivity index (χ0v) is 6.58. The molecule has 0 saturated carbocycles. The zero-order valence-electron chi connectivity index (χ0n) is 6.58. The number of hydrogen-bond donors (Lipinski definition) is 0. The monoisotopic (exact) mass is 173 g/mol. The van der Waals surface area contributed by atoms with Gasteiger partial charge in [0, 0.05) is 18.5 Å². The quantitative estimate of drug-likeness (QED) is 0.448. The van der Waals surface area contributed by atoms with E-state index in [2.05, 4.69) is 21.3 Å². The summed E-state index contributed by atoms with van der Waals surface area (Å²) in [5.74, 6) is 0.371. The normalized spacial score (nSPS) is 9.85. The minimum Gasteiger partial charge on any atom is -0.710 e. The van der Waals surface area contributed by atoms with Gasteiger partial charge in [0.25, 0.3) is 0 Å². The molecule has 0 aliphatic rings. The summed E-state index contributed by atoms with van der Waals surface area (Å²) < 4.78 is 0.509.